The summed E-state index contributed by atoms with van der Waals surface area (Å²) in [4.78, 5) is 0. The summed E-state index contributed by atoms with van der Waals surface area (Å²) in [5.74, 6) is 4.87. The molecule has 0 heterocycles. The summed E-state index contributed by atoms with van der Waals surface area (Å²) in [6.07, 6.45) is 4.46. The van der Waals surface area contributed by atoms with Gasteiger partial charge >= 0.3 is 0 Å². The predicted molar refractivity (Wildman–Crippen MR) is 94.5 cm³/mol. The first-order valence-corrected chi connectivity index (χ1v) is 9.84. The van der Waals surface area contributed by atoms with Crippen LogP contribution in [0.5, 0.6) is 0 Å². The Morgan fingerprint density at radius 2 is 1.55 bits per heavy atom. The topological polar surface area (TPSA) is 0 Å². The van der Waals surface area contributed by atoms with Crippen LogP contribution in [0.25, 0.3) is 0 Å². The molecule has 4 saturated carbocycles. The minimum absolute atomic E-state index is 0.448. The third kappa shape index (κ3) is 1.19. The average Bonchev–Trinajstić information content (AvgIpc) is 2.58. The van der Waals surface area contributed by atoms with Crippen LogP contribution in [0.2, 0.25) is 0 Å². The van der Waals surface area contributed by atoms with Crippen molar-refractivity contribution in [2.75, 3.05) is 0 Å². The molecule has 8 unspecified atom stereocenters. The largest absolute Gasteiger partial charge is 0.0622 e. The second-order valence-corrected chi connectivity index (χ2v) is 12.0. The normalized spacial score (nSPS) is 61.2. The first-order valence-electron chi connectivity index (χ1n) is 9.84. The quantitative estimate of drug-likeness (QED) is 0.525. The minimum atomic E-state index is 0.448. The Morgan fingerprint density at radius 3 is 2.09 bits per heavy atom. The number of hydrogen-bond donors (Lipinski definition) is 0. The van der Waals surface area contributed by atoms with Crippen molar-refractivity contribution in [1.29, 1.82) is 0 Å². The molecule has 0 heteroatoms. The maximum atomic E-state index is 2.73. The molecule has 1 spiro atoms. The molecular formula is C22H38. The average molecular weight is 303 g/mol. The van der Waals surface area contributed by atoms with Crippen molar-refractivity contribution in [3.05, 3.63) is 0 Å². The molecule has 4 rings (SSSR count). The molecular weight excluding hydrogens is 264 g/mol. The third-order valence-electron chi connectivity index (χ3n) is 10.1. The molecule has 0 aromatic carbocycles. The third-order valence-corrected chi connectivity index (χ3v) is 10.1. The maximum absolute atomic E-state index is 2.73. The van der Waals surface area contributed by atoms with E-state index in [4.69, 9.17) is 0 Å². The maximum Gasteiger partial charge on any atom is -0.0122 e. The van der Waals surface area contributed by atoms with Gasteiger partial charge in [-0.15, -0.1) is 0 Å². The van der Waals surface area contributed by atoms with Gasteiger partial charge in [-0.3, -0.25) is 0 Å². The van der Waals surface area contributed by atoms with Crippen molar-refractivity contribution in [3.8, 4) is 0 Å². The van der Waals surface area contributed by atoms with Gasteiger partial charge in [0.2, 0.25) is 0 Å². The summed E-state index contributed by atoms with van der Waals surface area (Å²) in [5.41, 5.74) is 2.76. The van der Waals surface area contributed by atoms with Crippen molar-refractivity contribution in [1.82, 2.24) is 0 Å². The fourth-order valence-electron chi connectivity index (χ4n) is 9.97. The van der Waals surface area contributed by atoms with E-state index in [-0.39, 0.29) is 0 Å². The van der Waals surface area contributed by atoms with Crippen LogP contribution in [0.1, 0.15) is 81.6 Å². The minimum Gasteiger partial charge on any atom is -0.0622 e. The standard InChI is InChI=1S/C22H38/c1-13-11-21(9)20(8,12-18(3,4)5)17-14(2)19(6,7)22(21)15(13)10-16(17)22/h13-17H,10-12H2,1-9H3. The summed E-state index contributed by atoms with van der Waals surface area (Å²) >= 11 is 0. The predicted octanol–water partition coefficient (Wildman–Crippen LogP) is 6.40. The molecule has 0 radical (unpaired) electrons. The smallest absolute Gasteiger partial charge is 0.0122 e. The fourth-order valence-corrected chi connectivity index (χ4v) is 9.97. The van der Waals surface area contributed by atoms with Crippen molar-refractivity contribution < 1.29 is 0 Å². The highest BCUT2D eigenvalue weighted by molar-refractivity contribution is 5.37. The summed E-state index contributed by atoms with van der Waals surface area (Å²) in [6.45, 7) is 23.3. The first kappa shape index (κ1) is 15.5. The van der Waals surface area contributed by atoms with Gasteiger partial charge in [-0.05, 0) is 75.9 Å². The molecule has 126 valence electrons. The Hall–Kier alpha value is 0. The van der Waals surface area contributed by atoms with Gasteiger partial charge in [0.15, 0.2) is 0 Å². The highest BCUT2D eigenvalue weighted by Crippen LogP contribution is 2.95. The number of hydrogen-bond acceptors (Lipinski definition) is 0. The molecule has 0 aliphatic heterocycles. The highest BCUT2D eigenvalue weighted by Gasteiger charge is 2.90. The molecule has 0 N–H and O–H groups in total. The SMILES string of the molecule is CC1CC2(C)C(C)(CC(C)(C)C)C3C(C)C(C)(C)C24C1CC34. The van der Waals surface area contributed by atoms with Crippen LogP contribution in [-0.2, 0) is 0 Å². The lowest BCUT2D eigenvalue weighted by Crippen LogP contribution is -2.61. The van der Waals surface area contributed by atoms with Gasteiger partial charge in [0.05, 0.1) is 0 Å². The summed E-state index contributed by atoms with van der Waals surface area (Å²) < 4.78 is 0. The lowest BCUT2D eigenvalue weighted by molar-refractivity contribution is -0.185. The van der Waals surface area contributed by atoms with Gasteiger partial charge in [0.25, 0.3) is 0 Å². The van der Waals surface area contributed by atoms with E-state index in [1.54, 1.807) is 6.42 Å². The monoisotopic (exact) mass is 302 g/mol. The molecule has 4 fully saturated rings. The van der Waals surface area contributed by atoms with Gasteiger partial charge in [-0.25, -0.2) is 0 Å². The van der Waals surface area contributed by atoms with Crippen molar-refractivity contribution in [3.63, 3.8) is 0 Å². The molecule has 8 atom stereocenters. The highest BCUT2D eigenvalue weighted by atomic mass is 14.9. The van der Waals surface area contributed by atoms with E-state index in [1.165, 1.54) is 12.8 Å². The van der Waals surface area contributed by atoms with Crippen molar-refractivity contribution in [2.45, 2.75) is 81.6 Å². The zero-order valence-electron chi connectivity index (χ0n) is 16.5. The Balaban J connectivity index is 1.93. The van der Waals surface area contributed by atoms with Crippen LogP contribution >= 0.6 is 0 Å². The molecule has 0 aromatic heterocycles. The Morgan fingerprint density at radius 1 is 0.955 bits per heavy atom. The van der Waals surface area contributed by atoms with Gasteiger partial charge in [-0.2, -0.15) is 0 Å². The van der Waals surface area contributed by atoms with Crippen LogP contribution in [0.15, 0.2) is 0 Å². The van der Waals surface area contributed by atoms with E-state index in [9.17, 15) is 0 Å². The zero-order valence-corrected chi connectivity index (χ0v) is 16.5. The summed E-state index contributed by atoms with van der Waals surface area (Å²) in [7, 11) is 0. The van der Waals surface area contributed by atoms with Gasteiger partial charge in [-0.1, -0.05) is 62.3 Å². The van der Waals surface area contributed by atoms with E-state index in [1.807, 2.05) is 0 Å². The van der Waals surface area contributed by atoms with Crippen LogP contribution < -0.4 is 0 Å². The number of rotatable bonds is 1. The Bertz CT molecular complexity index is 523. The zero-order chi connectivity index (χ0) is 16.5. The van der Waals surface area contributed by atoms with E-state index in [0.717, 1.165) is 29.6 Å². The first-order chi connectivity index (χ1) is 9.84. The second kappa shape index (κ2) is 3.65. The second-order valence-electron chi connectivity index (χ2n) is 12.0. The van der Waals surface area contributed by atoms with Crippen LogP contribution in [-0.4, -0.2) is 0 Å². The molecule has 4 aliphatic rings. The van der Waals surface area contributed by atoms with Gasteiger partial charge in [0.1, 0.15) is 0 Å². The Kier molecular flexibility index (Phi) is 2.57. The molecule has 0 saturated heterocycles. The van der Waals surface area contributed by atoms with E-state index in [2.05, 4.69) is 62.3 Å². The van der Waals surface area contributed by atoms with E-state index in [0.29, 0.717) is 27.1 Å². The molecule has 0 nitrogen and oxygen atoms in total. The molecule has 22 heavy (non-hydrogen) atoms. The Labute approximate surface area is 138 Å². The lowest BCUT2D eigenvalue weighted by atomic mass is 9.38. The van der Waals surface area contributed by atoms with Crippen LogP contribution in [0.4, 0.5) is 0 Å². The van der Waals surface area contributed by atoms with Crippen molar-refractivity contribution >= 4 is 0 Å². The van der Waals surface area contributed by atoms with Gasteiger partial charge in [0, 0.05) is 0 Å². The molecule has 0 amide bonds. The molecule has 0 aromatic rings. The lowest BCUT2D eigenvalue weighted by Gasteiger charge is -2.66. The van der Waals surface area contributed by atoms with Gasteiger partial charge < -0.3 is 0 Å². The van der Waals surface area contributed by atoms with Crippen LogP contribution in [0.3, 0.4) is 0 Å². The summed E-state index contributed by atoms with van der Waals surface area (Å²) in [6, 6.07) is 0. The summed E-state index contributed by atoms with van der Waals surface area (Å²) in [5, 5.41) is 0. The van der Waals surface area contributed by atoms with Crippen molar-refractivity contribution in [2.24, 2.45) is 56.7 Å². The van der Waals surface area contributed by atoms with E-state index >= 15 is 0 Å². The molecule has 4 aliphatic carbocycles. The van der Waals surface area contributed by atoms with E-state index < -0.39 is 0 Å². The fraction of sp³-hybridized carbons (Fsp3) is 1.00. The molecule has 2 bridgehead atoms. The van der Waals surface area contributed by atoms with Crippen LogP contribution in [0, 0.1) is 56.7 Å².